The highest BCUT2D eigenvalue weighted by molar-refractivity contribution is 7.15. The number of furan rings is 1. The van der Waals surface area contributed by atoms with Crippen molar-refractivity contribution in [1.29, 1.82) is 0 Å². The van der Waals surface area contributed by atoms with Crippen LogP contribution in [0.5, 0.6) is 5.75 Å². The maximum Gasteiger partial charge on any atom is 0.306 e. The highest BCUT2D eigenvalue weighted by Crippen LogP contribution is 2.40. The summed E-state index contributed by atoms with van der Waals surface area (Å²) in [4.78, 5) is 80.0. The molecule has 5 atom stereocenters. The summed E-state index contributed by atoms with van der Waals surface area (Å²) in [6, 6.07) is 22.8. The molecule has 10 rings (SSSR count). The molecule has 8 aromatic rings. The number of aliphatic hydroxyl groups is 1. The highest BCUT2D eigenvalue weighted by atomic mass is 32.1. The Labute approximate surface area is 474 Å². The van der Waals surface area contributed by atoms with Gasteiger partial charge in [0.25, 0.3) is 11.8 Å². The molecule has 4 amide bonds. The predicted molar refractivity (Wildman–Crippen MR) is 306 cm³/mol. The van der Waals surface area contributed by atoms with Crippen LogP contribution >= 0.6 is 22.7 Å². The van der Waals surface area contributed by atoms with Gasteiger partial charge in [0.05, 0.1) is 52.5 Å². The Kier molecular flexibility index (Phi) is 15.6. The Balaban J connectivity index is 0.738. The highest BCUT2D eigenvalue weighted by Gasteiger charge is 2.45. The molecule has 4 aromatic carbocycles. The number of thiazole rings is 1. The number of carbonyl (C=O) groups is 5. The van der Waals surface area contributed by atoms with E-state index in [4.69, 9.17) is 14.1 Å². The minimum Gasteiger partial charge on any atom is -0.492 e. The Morgan fingerprint density at radius 2 is 1.59 bits per heavy atom. The third-order valence-corrected chi connectivity index (χ3v) is 16.9. The first-order chi connectivity index (χ1) is 38.6. The molecule has 418 valence electrons. The Bertz CT molecular complexity index is 3780. The molecule has 0 spiro atoms. The SMILES string of the molecule is Cc1ncsc1-c1ccc([C@H](C)NC(=O)[C@@H]2C[C@@H](O)CN2C(=O)[C@@H](NC(=O)c2cc3cc(OCCNC(=O)c4ccc(-c5ccc(C6=N[C@@H](CC(=O)O)c7nnc(C)n7-c7sc(C)c(C)c76)cc5)cc4F)ccc3o2)C(C)(C)C)cc1. The topological polar surface area (TPSA) is 243 Å². The number of aliphatic hydroxyl groups excluding tert-OH is 1. The Hall–Kier alpha value is -8.40. The summed E-state index contributed by atoms with van der Waals surface area (Å²) in [5.74, 6) is -2.53. The number of hydrogen-bond acceptors (Lipinski definition) is 14. The van der Waals surface area contributed by atoms with Gasteiger partial charge in [-0.25, -0.2) is 9.37 Å². The summed E-state index contributed by atoms with van der Waals surface area (Å²) in [7, 11) is 0. The van der Waals surface area contributed by atoms with E-state index in [-0.39, 0.29) is 43.9 Å². The zero-order valence-electron chi connectivity index (χ0n) is 45.8. The Morgan fingerprint density at radius 1 is 0.877 bits per heavy atom. The van der Waals surface area contributed by atoms with Crippen molar-refractivity contribution in [1.82, 2.24) is 40.6 Å². The van der Waals surface area contributed by atoms with Gasteiger partial charge in [0.15, 0.2) is 11.6 Å². The molecule has 4 aromatic heterocycles. The van der Waals surface area contributed by atoms with Crippen LogP contribution in [0.25, 0.3) is 37.5 Å². The molecule has 0 unspecified atom stereocenters. The molecule has 5 N–H and O–H groups in total. The first-order valence-electron chi connectivity index (χ1n) is 26.4. The van der Waals surface area contributed by atoms with Gasteiger partial charge in [0.1, 0.15) is 52.7 Å². The van der Waals surface area contributed by atoms with Crippen LogP contribution in [-0.2, 0) is 14.4 Å². The zero-order valence-corrected chi connectivity index (χ0v) is 47.4. The molecule has 0 aliphatic carbocycles. The van der Waals surface area contributed by atoms with Crippen LogP contribution in [0.1, 0.15) is 118 Å². The summed E-state index contributed by atoms with van der Waals surface area (Å²) in [6.07, 6.45) is -1.18. The van der Waals surface area contributed by atoms with Gasteiger partial charge in [-0.2, -0.15) is 0 Å². The number of hydrogen-bond donors (Lipinski definition) is 5. The summed E-state index contributed by atoms with van der Waals surface area (Å²) in [6.45, 7) is 15.0. The van der Waals surface area contributed by atoms with Gasteiger partial charge in [-0.1, -0.05) is 75.4 Å². The number of carbonyl (C=O) groups excluding carboxylic acids is 4. The molecule has 0 bridgehead atoms. The first kappa shape index (κ1) is 55.9. The molecule has 81 heavy (non-hydrogen) atoms. The third kappa shape index (κ3) is 11.5. The quantitative estimate of drug-likeness (QED) is 0.0568. The number of aromatic nitrogens is 4. The molecule has 2 aliphatic rings. The summed E-state index contributed by atoms with van der Waals surface area (Å²) in [5, 5.41) is 39.1. The minimum atomic E-state index is -1.10. The van der Waals surface area contributed by atoms with Crippen LogP contribution in [0.2, 0.25) is 0 Å². The van der Waals surface area contributed by atoms with Gasteiger partial charge in [-0.15, -0.1) is 32.9 Å². The second kappa shape index (κ2) is 22.6. The monoisotopic (exact) mass is 1130 g/mol. The maximum atomic E-state index is 15.7. The number of likely N-dealkylation sites (tertiary alicyclic amines) is 1. The Morgan fingerprint density at radius 3 is 2.28 bits per heavy atom. The van der Waals surface area contributed by atoms with Crippen molar-refractivity contribution < 1.29 is 47.7 Å². The maximum absolute atomic E-state index is 15.7. The number of fused-ring (bicyclic) bond motifs is 4. The molecule has 18 nitrogen and oxygen atoms in total. The van der Waals surface area contributed by atoms with E-state index in [0.29, 0.717) is 45.2 Å². The summed E-state index contributed by atoms with van der Waals surface area (Å²) in [5.41, 5.74) is 8.53. The van der Waals surface area contributed by atoms with Crippen molar-refractivity contribution in [3.05, 3.63) is 158 Å². The standard InChI is InChI=1S/C60H60FN9O9S2/c1-30-33(4)81-59-50(30)51(65-45(27-49(72)73)54-68-67-34(5)70(54)59)37-13-11-36(12-14-37)39-17-19-43(44(61)24-39)55(74)62-21-22-78-42-18-20-47-40(23-42)25-48(79-47)57(76)66-53(60(6,7)8)58(77)69-28-41(71)26-46(69)56(75)64-31(2)35-9-15-38(16-10-35)52-32(3)63-29-80-52/h9-20,23-25,29,31,41,45-46,53,71H,21-22,26-28H2,1-8H3,(H,62,74)(H,64,75)(H,66,76)(H,72,73)/t31-,41+,45-,46-,53+/m0/s1. The van der Waals surface area contributed by atoms with Crippen LogP contribution < -0.4 is 20.7 Å². The lowest BCUT2D eigenvalue weighted by Gasteiger charge is -2.35. The van der Waals surface area contributed by atoms with Crippen molar-refractivity contribution in [2.45, 2.75) is 98.5 Å². The number of nitrogens with zero attached hydrogens (tertiary/aromatic N) is 6. The number of aliphatic imine (C=N–C) groups is 1. The smallest absolute Gasteiger partial charge is 0.306 e. The number of aryl methyl sites for hydroxylation is 3. The van der Waals surface area contributed by atoms with E-state index in [1.54, 1.807) is 73.2 Å². The molecule has 6 heterocycles. The summed E-state index contributed by atoms with van der Waals surface area (Å²) < 4.78 is 29.4. The van der Waals surface area contributed by atoms with Gasteiger partial charge >= 0.3 is 5.97 Å². The van der Waals surface area contributed by atoms with E-state index in [9.17, 15) is 34.2 Å². The molecular formula is C60H60FN9O9S2. The molecule has 1 saturated heterocycles. The van der Waals surface area contributed by atoms with E-state index in [1.165, 1.54) is 23.1 Å². The van der Waals surface area contributed by atoms with E-state index in [1.807, 2.05) is 87.7 Å². The largest absolute Gasteiger partial charge is 0.492 e. The number of carboxylic acid groups (broad SMARTS) is 1. The van der Waals surface area contributed by atoms with Gasteiger partial charge < -0.3 is 40.2 Å². The number of ether oxygens (including phenoxy) is 1. The zero-order chi connectivity index (χ0) is 57.6. The van der Waals surface area contributed by atoms with Gasteiger partial charge in [0.2, 0.25) is 11.8 Å². The lowest BCUT2D eigenvalue weighted by atomic mass is 9.85. The molecule has 2 aliphatic heterocycles. The average Bonchev–Trinajstić information content (AvgIpc) is 4.49. The number of nitrogens with one attached hydrogen (secondary N) is 3. The van der Waals surface area contributed by atoms with Crippen LogP contribution in [-0.4, -0.2) is 108 Å². The van der Waals surface area contributed by atoms with Crippen LogP contribution in [0, 0.1) is 38.9 Å². The van der Waals surface area contributed by atoms with Crippen molar-refractivity contribution >= 4 is 69.0 Å². The minimum absolute atomic E-state index is 0.0293. The van der Waals surface area contributed by atoms with Crippen molar-refractivity contribution in [3.63, 3.8) is 0 Å². The van der Waals surface area contributed by atoms with Crippen LogP contribution in [0.4, 0.5) is 4.39 Å². The van der Waals surface area contributed by atoms with Crippen molar-refractivity contribution in [2.24, 2.45) is 10.4 Å². The number of thiophene rings is 1. The molecule has 21 heteroatoms. The van der Waals surface area contributed by atoms with Gasteiger partial charge in [-0.3, -0.25) is 33.5 Å². The van der Waals surface area contributed by atoms with Crippen LogP contribution in [0.15, 0.2) is 106 Å². The van der Waals surface area contributed by atoms with E-state index in [0.717, 1.165) is 48.3 Å². The number of amides is 4. The molecular weight excluding hydrogens is 1070 g/mol. The van der Waals surface area contributed by atoms with E-state index >= 15 is 4.39 Å². The van der Waals surface area contributed by atoms with Crippen LogP contribution in [0.3, 0.4) is 0 Å². The fourth-order valence-corrected chi connectivity index (χ4v) is 12.3. The van der Waals surface area contributed by atoms with Crippen molar-refractivity contribution in [2.75, 3.05) is 19.7 Å². The number of aliphatic carboxylic acids is 1. The number of carboxylic acids is 1. The normalized spacial score (nSPS) is 16.7. The second-order valence-electron chi connectivity index (χ2n) is 21.5. The number of β-amino-alcohol motifs (C(OH)–C–C–N with tert-alkyl or cyclic N) is 1. The molecule has 1 fully saturated rings. The van der Waals surface area contributed by atoms with E-state index < -0.39 is 71.1 Å². The third-order valence-electron chi connectivity index (χ3n) is 14.7. The fraction of sp³-hybridized carbons (Fsp3) is 0.317. The summed E-state index contributed by atoms with van der Waals surface area (Å²) >= 11 is 3.12. The average molecular weight is 1130 g/mol. The lowest BCUT2D eigenvalue weighted by Crippen LogP contribution is -2.57. The van der Waals surface area contributed by atoms with Crippen molar-refractivity contribution in [3.8, 4) is 32.3 Å². The number of rotatable bonds is 16. The fourth-order valence-electron chi connectivity index (χ4n) is 10.3. The molecule has 0 radical (unpaired) electrons. The number of halogens is 1. The van der Waals surface area contributed by atoms with E-state index in [2.05, 4.69) is 31.1 Å². The predicted octanol–water partition coefficient (Wildman–Crippen LogP) is 9.40. The first-order valence-corrected chi connectivity index (χ1v) is 28.1. The molecule has 0 saturated carbocycles. The van der Waals surface area contributed by atoms with Gasteiger partial charge in [0, 0.05) is 34.4 Å². The number of benzene rings is 4. The van der Waals surface area contributed by atoms with Gasteiger partial charge in [-0.05, 0) is 104 Å². The second-order valence-corrected chi connectivity index (χ2v) is 23.5. The lowest BCUT2D eigenvalue weighted by molar-refractivity contribution is -0.142.